The number of hydrogen-bond acceptors (Lipinski definition) is 7. The summed E-state index contributed by atoms with van der Waals surface area (Å²) in [5, 5.41) is 16.0. The second-order valence-electron chi connectivity index (χ2n) is 6.16. The molecule has 142 valence electrons. The quantitative estimate of drug-likeness (QED) is 0.464. The number of aromatic nitrogens is 3. The van der Waals surface area contributed by atoms with Gasteiger partial charge in [0.15, 0.2) is 11.9 Å². The standard InChI is InChI=1S/C21H21N5OS/c1-3-13-22-15-11-9-14(10-12-15)19-23-17-8-6-5-7-16(17)18-20(27-19)24-21(26-25-18)28-4-2/h3,5-12,19,22-23H,1,4,13H2,2H3. The van der Waals surface area contributed by atoms with E-state index in [1.54, 1.807) is 11.8 Å². The largest absolute Gasteiger partial charge is 0.448 e. The lowest BCUT2D eigenvalue weighted by molar-refractivity contribution is 0.225. The van der Waals surface area contributed by atoms with Crippen LogP contribution >= 0.6 is 11.8 Å². The average Bonchev–Trinajstić information content (AvgIpc) is 2.89. The van der Waals surface area contributed by atoms with Crippen molar-refractivity contribution in [1.29, 1.82) is 0 Å². The summed E-state index contributed by atoms with van der Waals surface area (Å²) in [5.74, 6) is 1.36. The number of hydrogen-bond donors (Lipinski definition) is 2. The SMILES string of the molecule is C=CCNc1ccc(C2Nc3ccccc3-c3nnc(SCC)nc3O2)cc1. The molecule has 7 heteroatoms. The summed E-state index contributed by atoms with van der Waals surface area (Å²) in [6, 6.07) is 16.1. The first kappa shape index (κ1) is 18.3. The van der Waals surface area contributed by atoms with Crippen LogP contribution in [0.1, 0.15) is 18.7 Å². The van der Waals surface area contributed by atoms with E-state index in [1.807, 2.05) is 54.6 Å². The molecule has 1 aliphatic rings. The van der Waals surface area contributed by atoms with E-state index in [2.05, 4.69) is 39.3 Å². The third kappa shape index (κ3) is 3.80. The molecule has 0 saturated carbocycles. The van der Waals surface area contributed by atoms with E-state index in [0.29, 0.717) is 16.7 Å². The van der Waals surface area contributed by atoms with Gasteiger partial charge in [0, 0.05) is 29.0 Å². The van der Waals surface area contributed by atoms with Gasteiger partial charge in [-0.25, -0.2) is 0 Å². The molecule has 6 nitrogen and oxygen atoms in total. The van der Waals surface area contributed by atoms with E-state index in [1.165, 1.54) is 0 Å². The van der Waals surface area contributed by atoms with Gasteiger partial charge >= 0.3 is 0 Å². The third-order valence-corrected chi connectivity index (χ3v) is 4.99. The zero-order chi connectivity index (χ0) is 19.3. The van der Waals surface area contributed by atoms with Gasteiger partial charge in [-0.3, -0.25) is 0 Å². The predicted molar refractivity (Wildman–Crippen MR) is 114 cm³/mol. The lowest BCUT2D eigenvalue weighted by Crippen LogP contribution is -2.17. The van der Waals surface area contributed by atoms with Crippen molar-refractivity contribution in [3.63, 3.8) is 0 Å². The van der Waals surface area contributed by atoms with Crippen LogP contribution in [0, 0.1) is 0 Å². The minimum absolute atomic E-state index is 0.382. The van der Waals surface area contributed by atoms with Crippen LogP contribution in [0.5, 0.6) is 5.88 Å². The van der Waals surface area contributed by atoms with Gasteiger partial charge in [-0.2, -0.15) is 4.98 Å². The van der Waals surface area contributed by atoms with E-state index in [-0.39, 0.29) is 6.23 Å². The van der Waals surface area contributed by atoms with Gasteiger partial charge in [-0.15, -0.1) is 16.8 Å². The first-order valence-corrected chi connectivity index (χ1v) is 10.1. The maximum Gasteiger partial charge on any atom is 0.247 e. The van der Waals surface area contributed by atoms with Crippen LogP contribution in [0.2, 0.25) is 0 Å². The molecule has 2 heterocycles. The molecule has 0 spiro atoms. The lowest BCUT2D eigenvalue weighted by atomic mass is 10.1. The molecular formula is C21H21N5OS. The van der Waals surface area contributed by atoms with E-state index < -0.39 is 0 Å². The molecule has 0 bridgehead atoms. The van der Waals surface area contributed by atoms with Crippen LogP contribution in [0.25, 0.3) is 11.3 Å². The maximum absolute atomic E-state index is 6.26. The molecule has 1 aromatic heterocycles. The summed E-state index contributed by atoms with van der Waals surface area (Å²) >= 11 is 1.54. The third-order valence-electron chi connectivity index (χ3n) is 4.27. The van der Waals surface area contributed by atoms with Crippen molar-refractivity contribution in [2.24, 2.45) is 0 Å². The summed E-state index contributed by atoms with van der Waals surface area (Å²) < 4.78 is 6.26. The fourth-order valence-electron chi connectivity index (χ4n) is 2.95. The van der Waals surface area contributed by atoms with Crippen molar-refractivity contribution in [3.05, 3.63) is 66.7 Å². The first-order valence-electron chi connectivity index (χ1n) is 9.13. The fourth-order valence-corrected chi connectivity index (χ4v) is 3.46. The van der Waals surface area contributed by atoms with Gasteiger partial charge in [0.05, 0.1) is 0 Å². The zero-order valence-corrected chi connectivity index (χ0v) is 16.4. The van der Waals surface area contributed by atoms with Crippen LogP contribution < -0.4 is 15.4 Å². The van der Waals surface area contributed by atoms with Crippen molar-refractivity contribution in [2.45, 2.75) is 18.3 Å². The molecule has 4 rings (SSSR count). The summed E-state index contributed by atoms with van der Waals surface area (Å²) in [6.07, 6.45) is 1.45. The Morgan fingerprint density at radius 1 is 1.18 bits per heavy atom. The van der Waals surface area contributed by atoms with Crippen LogP contribution in [-0.4, -0.2) is 27.5 Å². The number of para-hydroxylation sites is 1. The second kappa shape index (κ2) is 8.31. The highest BCUT2D eigenvalue weighted by Crippen LogP contribution is 2.39. The van der Waals surface area contributed by atoms with Crippen molar-refractivity contribution in [1.82, 2.24) is 15.2 Å². The number of nitrogens with zero attached hydrogens (tertiary/aromatic N) is 3. The molecule has 28 heavy (non-hydrogen) atoms. The summed E-state index contributed by atoms with van der Waals surface area (Å²) in [5.41, 5.74) is 4.54. The zero-order valence-electron chi connectivity index (χ0n) is 15.6. The van der Waals surface area contributed by atoms with Crippen molar-refractivity contribution in [3.8, 4) is 17.1 Å². The molecule has 0 saturated heterocycles. The predicted octanol–water partition coefficient (Wildman–Crippen LogP) is 4.75. The molecular weight excluding hydrogens is 370 g/mol. The molecule has 2 aromatic carbocycles. The highest BCUT2D eigenvalue weighted by molar-refractivity contribution is 7.99. The van der Waals surface area contributed by atoms with Gasteiger partial charge < -0.3 is 15.4 Å². The molecule has 0 fully saturated rings. The highest BCUT2D eigenvalue weighted by Gasteiger charge is 2.25. The molecule has 1 unspecified atom stereocenters. The molecule has 0 aliphatic carbocycles. The number of rotatable bonds is 6. The topological polar surface area (TPSA) is 72.0 Å². The molecule has 3 aromatic rings. The Balaban J connectivity index is 1.71. The van der Waals surface area contributed by atoms with Crippen LogP contribution in [0.4, 0.5) is 11.4 Å². The molecule has 1 aliphatic heterocycles. The Bertz CT molecular complexity index is 977. The number of nitrogens with one attached hydrogen (secondary N) is 2. The Hall–Kier alpha value is -3.06. The highest BCUT2D eigenvalue weighted by atomic mass is 32.2. The van der Waals surface area contributed by atoms with Crippen LogP contribution in [0.15, 0.2) is 66.3 Å². The average molecular weight is 392 g/mol. The Labute approximate surface area is 168 Å². The Kier molecular flexibility index (Phi) is 5.43. The van der Waals surface area contributed by atoms with E-state index in [9.17, 15) is 0 Å². The fraction of sp³-hybridized carbons (Fsp3) is 0.190. The molecule has 1 atom stereocenters. The number of ether oxygens (including phenoxy) is 1. The number of thioether (sulfide) groups is 1. The number of anilines is 2. The molecule has 0 amide bonds. The Morgan fingerprint density at radius 2 is 2.00 bits per heavy atom. The lowest BCUT2D eigenvalue weighted by Gasteiger charge is -2.19. The summed E-state index contributed by atoms with van der Waals surface area (Å²) in [6.45, 7) is 6.51. The summed E-state index contributed by atoms with van der Waals surface area (Å²) in [7, 11) is 0. The normalized spacial score (nSPS) is 14.7. The number of benzene rings is 2. The molecule has 0 radical (unpaired) electrons. The van der Waals surface area contributed by atoms with Crippen molar-refractivity contribution in [2.75, 3.05) is 22.9 Å². The minimum atomic E-state index is -0.382. The molecule has 2 N–H and O–H groups in total. The van der Waals surface area contributed by atoms with Crippen LogP contribution in [-0.2, 0) is 0 Å². The monoisotopic (exact) mass is 391 g/mol. The van der Waals surface area contributed by atoms with Gasteiger partial charge in [-0.05, 0) is 24.0 Å². The maximum atomic E-state index is 6.26. The summed E-state index contributed by atoms with van der Waals surface area (Å²) in [4.78, 5) is 4.60. The van der Waals surface area contributed by atoms with E-state index in [0.717, 1.165) is 34.8 Å². The first-order chi connectivity index (χ1) is 13.8. The van der Waals surface area contributed by atoms with Gasteiger partial charge in [0.1, 0.15) is 0 Å². The van der Waals surface area contributed by atoms with Gasteiger partial charge in [0.2, 0.25) is 11.0 Å². The second-order valence-corrected chi connectivity index (χ2v) is 7.39. The van der Waals surface area contributed by atoms with Crippen molar-refractivity contribution >= 4 is 23.1 Å². The Morgan fingerprint density at radius 3 is 2.79 bits per heavy atom. The van der Waals surface area contributed by atoms with Crippen LogP contribution in [0.3, 0.4) is 0 Å². The smallest absolute Gasteiger partial charge is 0.247 e. The number of fused-ring (bicyclic) bond motifs is 3. The minimum Gasteiger partial charge on any atom is -0.448 e. The van der Waals surface area contributed by atoms with E-state index in [4.69, 9.17) is 4.74 Å². The van der Waals surface area contributed by atoms with Gasteiger partial charge in [0.25, 0.3) is 0 Å². The van der Waals surface area contributed by atoms with E-state index >= 15 is 0 Å². The van der Waals surface area contributed by atoms with Crippen molar-refractivity contribution < 1.29 is 4.74 Å². The van der Waals surface area contributed by atoms with Gasteiger partial charge in [-0.1, -0.05) is 55.1 Å².